The molecule has 0 saturated heterocycles. The van der Waals surface area contributed by atoms with E-state index in [1.54, 1.807) is 0 Å². The van der Waals surface area contributed by atoms with Crippen molar-refractivity contribution in [2.24, 2.45) is 0 Å². The second-order valence-corrected chi connectivity index (χ2v) is 1.92. The van der Waals surface area contributed by atoms with Crippen LogP contribution in [0.1, 0.15) is 13.3 Å². The number of rotatable bonds is 1. The van der Waals surface area contributed by atoms with Gasteiger partial charge in [0.25, 0.3) is 0 Å². The predicted octanol–water partition coefficient (Wildman–Crippen LogP) is -2.43. The first kappa shape index (κ1) is 11.8. The van der Waals surface area contributed by atoms with Gasteiger partial charge in [0.1, 0.15) is 0 Å². The van der Waals surface area contributed by atoms with Crippen LogP contribution in [0.25, 0.3) is 0 Å². The topological polar surface area (TPSA) is 27.6 Å². The highest BCUT2D eigenvalue weighted by Crippen LogP contribution is 2.19. The van der Waals surface area contributed by atoms with Crippen molar-refractivity contribution in [1.82, 2.24) is 0 Å². The Labute approximate surface area is 57.8 Å². The van der Waals surface area contributed by atoms with Crippen molar-refractivity contribution in [3.63, 3.8) is 0 Å². The van der Waals surface area contributed by atoms with E-state index < -0.39 is 18.6 Å². The van der Waals surface area contributed by atoms with E-state index in [1.165, 1.54) is 6.92 Å². The van der Waals surface area contributed by atoms with Gasteiger partial charge in [-0.05, 0) is 6.92 Å². The number of quaternary nitrogens is 1. The van der Waals surface area contributed by atoms with E-state index in [4.69, 9.17) is 0 Å². The summed E-state index contributed by atoms with van der Waals surface area (Å²) in [7, 11) is 0. The van der Waals surface area contributed by atoms with Gasteiger partial charge in [-0.25, -0.2) is 0 Å². The summed E-state index contributed by atoms with van der Waals surface area (Å²) in [5, 5.41) is 0. The van der Waals surface area contributed by atoms with Gasteiger partial charge in [-0.1, -0.05) is 0 Å². The van der Waals surface area contributed by atoms with Crippen molar-refractivity contribution in [2.75, 3.05) is 0 Å². The number of hydrogen-bond donors (Lipinski definition) is 1. The smallest absolute Gasteiger partial charge is 0.394 e. The van der Waals surface area contributed by atoms with Crippen LogP contribution in [0, 0.1) is 0 Å². The molecular weight excluding hydrogens is 154 g/mol. The number of halogens is 4. The average Bonchev–Trinajstić information content (AvgIpc) is 1.21. The average molecular weight is 164 g/mol. The molecule has 1 nitrogen and oxygen atoms in total. The summed E-state index contributed by atoms with van der Waals surface area (Å²) in [6.07, 6.45) is -4.83. The first-order valence-corrected chi connectivity index (χ1v) is 2.31. The van der Waals surface area contributed by atoms with E-state index in [2.05, 4.69) is 5.73 Å². The van der Waals surface area contributed by atoms with E-state index in [1.807, 2.05) is 0 Å². The lowest BCUT2D eigenvalue weighted by Crippen LogP contribution is -3.00. The lowest BCUT2D eigenvalue weighted by atomic mass is 10.2. The lowest BCUT2D eigenvalue weighted by molar-refractivity contribution is -0.426. The van der Waals surface area contributed by atoms with Gasteiger partial charge in [-0.15, -0.1) is 0 Å². The van der Waals surface area contributed by atoms with Gasteiger partial charge in [0.05, 0.1) is 12.5 Å². The zero-order valence-corrected chi connectivity index (χ0v) is 5.76. The van der Waals surface area contributed by atoms with Gasteiger partial charge in [-0.3, -0.25) is 0 Å². The molecule has 3 N–H and O–H groups in total. The Morgan fingerprint density at radius 3 is 1.78 bits per heavy atom. The molecule has 0 rings (SSSR count). The van der Waals surface area contributed by atoms with Crippen LogP contribution in [-0.2, 0) is 0 Å². The van der Waals surface area contributed by atoms with Crippen LogP contribution >= 0.6 is 0 Å². The molecule has 9 heavy (non-hydrogen) atoms. The van der Waals surface area contributed by atoms with Crippen molar-refractivity contribution in [1.29, 1.82) is 0 Å². The molecule has 58 valence electrons. The fourth-order valence-electron chi connectivity index (χ4n) is 0.395. The minimum atomic E-state index is -4.04. The van der Waals surface area contributed by atoms with E-state index in [-0.39, 0.29) is 12.4 Å². The summed E-state index contributed by atoms with van der Waals surface area (Å²) in [4.78, 5) is 0. The van der Waals surface area contributed by atoms with Crippen molar-refractivity contribution >= 4 is 0 Å². The van der Waals surface area contributed by atoms with Crippen LogP contribution in [0.3, 0.4) is 0 Å². The Bertz CT molecular complexity index is 70.7. The minimum absolute atomic E-state index is 0. The van der Waals surface area contributed by atoms with Gasteiger partial charge in [0.2, 0.25) is 0 Å². The SMILES string of the molecule is CC([NH3+])CC(F)(F)F.[Cl-]. The van der Waals surface area contributed by atoms with Crippen molar-refractivity contribution in [2.45, 2.75) is 25.6 Å². The van der Waals surface area contributed by atoms with Crippen LogP contribution in [0.2, 0.25) is 0 Å². The molecule has 0 aromatic heterocycles. The first-order valence-electron chi connectivity index (χ1n) is 2.31. The Hall–Kier alpha value is 0.0400. The molecule has 0 amide bonds. The Morgan fingerprint density at radius 1 is 1.44 bits per heavy atom. The molecule has 0 aliphatic heterocycles. The monoisotopic (exact) mass is 163 g/mol. The highest BCUT2D eigenvalue weighted by molar-refractivity contribution is 4.53. The number of alkyl halides is 3. The summed E-state index contributed by atoms with van der Waals surface area (Å²) in [6, 6.07) is -0.532. The van der Waals surface area contributed by atoms with Crippen LogP contribution in [0.5, 0.6) is 0 Å². The molecular formula is C4H9ClF3N. The molecule has 0 aliphatic carbocycles. The Kier molecular flexibility index (Phi) is 5.18. The molecule has 0 spiro atoms. The Morgan fingerprint density at radius 2 is 1.78 bits per heavy atom. The van der Waals surface area contributed by atoms with Crippen LogP contribution < -0.4 is 18.1 Å². The van der Waals surface area contributed by atoms with Crippen LogP contribution in [-0.4, -0.2) is 12.2 Å². The third-order valence-corrected chi connectivity index (χ3v) is 0.580. The molecule has 1 atom stereocenters. The molecule has 0 saturated carbocycles. The summed E-state index contributed by atoms with van der Waals surface area (Å²) >= 11 is 0. The van der Waals surface area contributed by atoms with Crippen LogP contribution in [0.15, 0.2) is 0 Å². The van der Waals surface area contributed by atoms with E-state index >= 15 is 0 Å². The molecule has 0 radical (unpaired) electrons. The standard InChI is InChI=1S/C4H8F3N.ClH/c1-3(8)2-4(5,6)7;/h3H,2,8H2,1H3;1H. The third kappa shape index (κ3) is 11.5. The quantitative estimate of drug-likeness (QED) is 0.446. The highest BCUT2D eigenvalue weighted by Gasteiger charge is 2.29. The molecule has 0 aromatic carbocycles. The fourth-order valence-corrected chi connectivity index (χ4v) is 0.395. The van der Waals surface area contributed by atoms with Gasteiger partial charge < -0.3 is 18.1 Å². The first-order chi connectivity index (χ1) is 3.42. The fraction of sp³-hybridized carbons (Fsp3) is 1.00. The molecule has 0 bridgehead atoms. The van der Waals surface area contributed by atoms with Crippen molar-refractivity contribution in [3.05, 3.63) is 0 Å². The van der Waals surface area contributed by atoms with Gasteiger partial charge >= 0.3 is 6.18 Å². The zero-order chi connectivity index (χ0) is 6.78. The summed E-state index contributed by atoms with van der Waals surface area (Å²) in [6.45, 7) is 1.44. The maximum Gasteiger partial charge on any atom is 0.394 e. The van der Waals surface area contributed by atoms with Gasteiger partial charge in [0.15, 0.2) is 0 Å². The van der Waals surface area contributed by atoms with Crippen molar-refractivity contribution in [3.8, 4) is 0 Å². The third-order valence-electron chi connectivity index (χ3n) is 0.580. The van der Waals surface area contributed by atoms with Crippen LogP contribution in [0.4, 0.5) is 13.2 Å². The zero-order valence-electron chi connectivity index (χ0n) is 5.00. The van der Waals surface area contributed by atoms with Crippen molar-refractivity contribution < 1.29 is 31.3 Å². The van der Waals surface area contributed by atoms with E-state index in [0.717, 1.165) is 0 Å². The van der Waals surface area contributed by atoms with Gasteiger partial charge in [0, 0.05) is 0 Å². The molecule has 0 heterocycles. The summed E-state index contributed by atoms with van der Waals surface area (Å²) < 4.78 is 33.8. The maximum absolute atomic E-state index is 11.3. The molecule has 0 fully saturated rings. The largest absolute Gasteiger partial charge is 1.00 e. The summed E-state index contributed by atoms with van der Waals surface area (Å²) in [5.41, 5.74) is 3.20. The highest BCUT2D eigenvalue weighted by atomic mass is 35.5. The Balaban J connectivity index is 0. The second kappa shape index (κ2) is 3.95. The normalized spacial score (nSPS) is 14.3. The summed E-state index contributed by atoms with van der Waals surface area (Å²) in [5.74, 6) is 0. The minimum Gasteiger partial charge on any atom is -1.00 e. The van der Waals surface area contributed by atoms with E-state index in [0.29, 0.717) is 0 Å². The molecule has 1 unspecified atom stereocenters. The molecule has 0 aliphatic rings. The van der Waals surface area contributed by atoms with Gasteiger partial charge in [-0.2, -0.15) is 13.2 Å². The molecule has 0 aromatic rings. The maximum atomic E-state index is 11.3. The predicted molar refractivity (Wildman–Crippen MR) is 23.0 cm³/mol. The van der Waals surface area contributed by atoms with E-state index in [9.17, 15) is 13.2 Å². The number of hydrogen-bond acceptors (Lipinski definition) is 0. The lowest BCUT2D eigenvalue weighted by Gasteiger charge is -2.04. The second-order valence-electron chi connectivity index (χ2n) is 1.92. The molecule has 5 heteroatoms.